The monoisotopic (exact) mass is 468 g/mol. The first-order valence-corrected chi connectivity index (χ1v) is 11.2. The summed E-state index contributed by atoms with van der Waals surface area (Å²) in [6, 6.07) is 15.3. The van der Waals surface area contributed by atoms with Gasteiger partial charge < -0.3 is 29.5 Å². The van der Waals surface area contributed by atoms with Crippen molar-refractivity contribution in [3.05, 3.63) is 59.7 Å². The van der Waals surface area contributed by atoms with Gasteiger partial charge in [0.1, 0.15) is 19.3 Å². The largest absolute Gasteiger partial charge is 0.480 e. The second kappa shape index (κ2) is 10.7. The van der Waals surface area contributed by atoms with E-state index in [2.05, 4.69) is 17.4 Å². The minimum absolute atomic E-state index is 0.0752. The molecule has 0 radical (unpaired) electrons. The summed E-state index contributed by atoms with van der Waals surface area (Å²) in [7, 11) is 1.52. The van der Waals surface area contributed by atoms with Crippen molar-refractivity contribution in [2.24, 2.45) is 0 Å². The number of benzene rings is 2. The first-order chi connectivity index (χ1) is 16.5. The highest BCUT2D eigenvalue weighted by Gasteiger charge is 2.36. The average molecular weight is 469 g/mol. The molecule has 9 heteroatoms. The van der Waals surface area contributed by atoms with Gasteiger partial charge in [-0.25, -0.2) is 9.59 Å². The van der Waals surface area contributed by atoms with Crippen molar-refractivity contribution in [2.75, 3.05) is 40.0 Å². The van der Waals surface area contributed by atoms with E-state index in [1.165, 1.54) is 12.0 Å². The number of carbonyl (C=O) groups is 3. The van der Waals surface area contributed by atoms with Gasteiger partial charge >= 0.3 is 12.1 Å². The van der Waals surface area contributed by atoms with E-state index >= 15 is 0 Å². The first kappa shape index (κ1) is 23.7. The van der Waals surface area contributed by atoms with Crippen LogP contribution < -0.4 is 5.32 Å². The summed E-state index contributed by atoms with van der Waals surface area (Å²) >= 11 is 0. The number of carboxylic acids is 1. The lowest BCUT2D eigenvalue weighted by molar-refractivity contribution is -0.155. The number of carboxylic acid groups (broad SMARTS) is 1. The number of nitrogens with one attached hydrogen (secondary N) is 1. The predicted octanol–water partition coefficient (Wildman–Crippen LogP) is 2.24. The highest BCUT2D eigenvalue weighted by atomic mass is 16.5. The highest BCUT2D eigenvalue weighted by Crippen LogP contribution is 2.44. The van der Waals surface area contributed by atoms with E-state index in [-0.39, 0.29) is 50.7 Å². The zero-order chi connectivity index (χ0) is 24.1. The minimum Gasteiger partial charge on any atom is -0.480 e. The molecular weight excluding hydrogens is 440 g/mol. The van der Waals surface area contributed by atoms with Crippen molar-refractivity contribution in [3.63, 3.8) is 0 Å². The van der Waals surface area contributed by atoms with Gasteiger partial charge in [0, 0.05) is 39.1 Å². The second-order valence-corrected chi connectivity index (χ2v) is 8.37. The zero-order valence-electron chi connectivity index (χ0n) is 18.9. The van der Waals surface area contributed by atoms with E-state index in [0.29, 0.717) is 0 Å². The quantitative estimate of drug-likeness (QED) is 0.550. The lowest BCUT2D eigenvalue weighted by Gasteiger charge is -2.40. The lowest BCUT2D eigenvalue weighted by Crippen LogP contribution is -2.60. The molecule has 2 aromatic carbocycles. The molecule has 1 aliphatic carbocycles. The Morgan fingerprint density at radius 2 is 1.68 bits per heavy atom. The Bertz CT molecular complexity index is 1010. The summed E-state index contributed by atoms with van der Waals surface area (Å²) in [5, 5.41) is 11.4. The van der Waals surface area contributed by atoms with Crippen LogP contribution in [0, 0.1) is 0 Å². The van der Waals surface area contributed by atoms with Crippen LogP contribution in [-0.2, 0) is 23.8 Å². The van der Waals surface area contributed by atoms with Crippen molar-refractivity contribution in [2.45, 2.75) is 24.5 Å². The number of fused-ring (bicyclic) bond motifs is 3. The van der Waals surface area contributed by atoms with E-state index < -0.39 is 24.7 Å². The maximum atomic E-state index is 12.9. The minimum atomic E-state index is -1.06. The number of likely N-dealkylation sites (tertiary alicyclic amines) is 1. The molecule has 0 saturated carbocycles. The molecule has 1 saturated heterocycles. The molecule has 0 spiro atoms. The van der Waals surface area contributed by atoms with Crippen molar-refractivity contribution < 1.29 is 33.7 Å². The normalized spacial score (nSPS) is 15.7. The van der Waals surface area contributed by atoms with Crippen LogP contribution in [0.15, 0.2) is 48.5 Å². The SMILES string of the molecule is COCCC(NC(=O)OCC1c2ccccc2-c2ccccc21)C(=O)N1CC(OCC(=O)O)C1. The van der Waals surface area contributed by atoms with Gasteiger partial charge in [-0.05, 0) is 22.3 Å². The number of amides is 2. The molecule has 1 unspecified atom stereocenters. The average Bonchev–Trinajstić information content (AvgIpc) is 3.12. The highest BCUT2D eigenvalue weighted by molar-refractivity contribution is 5.86. The van der Waals surface area contributed by atoms with Crippen LogP contribution in [0.5, 0.6) is 0 Å². The smallest absolute Gasteiger partial charge is 0.407 e. The number of hydrogen-bond donors (Lipinski definition) is 2. The number of rotatable bonds is 10. The Kier molecular flexibility index (Phi) is 7.44. The molecule has 2 N–H and O–H groups in total. The Hall–Kier alpha value is -3.43. The molecule has 2 aromatic rings. The fourth-order valence-electron chi connectivity index (χ4n) is 4.41. The fourth-order valence-corrected chi connectivity index (χ4v) is 4.41. The van der Waals surface area contributed by atoms with E-state index in [4.69, 9.17) is 19.3 Å². The molecule has 4 rings (SSSR count). The summed E-state index contributed by atoms with van der Waals surface area (Å²) in [6.07, 6.45) is -0.704. The molecule has 1 aliphatic heterocycles. The summed E-state index contributed by atoms with van der Waals surface area (Å²) < 4.78 is 15.8. The van der Waals surface area contributed by atoms with E-state index in [9.17, 15) is 14.4 Å². The Morgan fingerprint density at radius 3 is 2.26 bits per heavy atom. The lowest BCUT2D eigenvalue weighted by atomic mass is 9.98. The van der Waals surface area contributed by atoms with Gasteiger partial charge in [-0.2, -0.15) is 0 Å². The topological polar surface area (TPSA) is 114 Å². The summed E-state index contributed by atoms with van der Waals surface area (Å²) in [5.74, 6) is -1.41. The molecule has 2 aliphatic rings. The van der Waals surface area contributed by atoms with Crippen LogP contribution in [-0.4, -0.2) is 80.1 Å². The molecule has 1 heterocycles. The van der Waals surface area contributed by atoms with Crippen LogP contribution in [0.25, 0.3) is 11.1 Å². The van der Waals surface area contributed by atoms with Gasteiger partial charge in [0.15, 0.2) is 0 Å². The zero-order valence-corrected chi connectivity index (χ0v) is 18.9. The maximum Gasteiger partial charge on any atom is 0.407 e. The Balaban J connectivity index is 1.34. The predicted molar refractivity (Wildman–Crippen MR) is 122 cm³/mol. The van der Waals surface area contributed by atoms with Crippen LogP contribution in [0.1, 0.15) is 23.5 Å². The molecule has 1 fully saturated rings. The van der Waals surface area contributed by atoms with Gasteiger partial charge in [-0.15, -0.1) is 0 Å². The van der Waals surface area contributed by atoms with Crippen LogP contribution in [0.3, 0.4) is 0 Å². The maximum absolute atomic E-state index is 12.9. The van der Waals surface area contributed by atoms with Gasteiger partial charge in [-0.1, -0.05) is 48.5 Å². The van der Waals surface area contributed by atoms with Crippen molar-refractivity contribution in [1.29, 1.82) is 0 Å². The third-order valence-electron chi connectivity index (χ3n) is 6.15. The van der Waals surface area contributed by atoms with Crippen molar-refractivity contribution >= 4 is 18.0 Å². The summed E-state index contributed by atoms with van der Waals surface area (Å²) in [6.45, 7) is 0.592. The van der Waals surface area contributed by atoms with Crippen LogP contribution >= 0.6 is 0 Å². The number of carbonyl (C=O) groups excluding carboxylic acids is 2. The van der Waals surface area contributed by atoms with Crippen LogP contribution in [0.4, 0.5) is 4.79 Å². The van der Waals surface area contributed by atoms with Crippen molar-refractivity contribution in [3.8, 4) is 11.1 Å². The second-order valence-electron chi connectivity index (χ2n) is 8.37. The molecule has 180 valence electrons. The number of ether oxygens (including phenoxy) is 3. The third kappa shape index (κ3) is 5.21. The number of hydrogen-bond acceptors (Lipinski definition) is 6. The van der Waals surface area contributed by atoms with Gasteiger partial charge in [0.05, 0.1) is 6.10 Å². The molecule has 0 bridgehead atoms. The van der Waals surface area contributed by atoms with E-state index in [1.54, 1.807) is 0 Å². The Labute approximate surface area is 197 Å². The number of nitrogens with zero attached hydrogens (tertiary/aromatic N) is 1. The van der Waals surface area contributed by atoms with E-state index in [0.717, 1.165) is 22.3 Å². The third-order valence-corrected chi connectivity index (χ3v) is 6.15. The first-order valence-electron chi connectivity index (χ1n) is 11.2. The van der Waals surface area contributed by atoms with Crippen molar-refractivity contribution in [1.82, 2.24) is 10.2 Å². The molecule has 34 heavy (non-hydrogen) atoms. The fraction of sp³-hybridized carbons (Fsp3) is 0.400. The van der Waals surface area contributed by atoms with Gasteiger partial charge in [0.2, 0.25) is 5.91 Å². The number of methoxy groups -OCH3 is 1. The number of alkyl carbamates (subject to hydrolysis) is 1. The number of aliphatic carboxylic acids is 1. The molecule has 2 amide bonds. The standard InChI is InChI=1S/C25H28N2O7/c1-32-11-10-22(24(30)27-12-16(13-27)33-15-23(28)29)26-25(31)34-14-21-19-8-4-2-6-17(19)18-7-3-5-9-20(18)21/h2-9,16,21-22H,10-15H2,1H3,(H,26,31)(H,28,29). The summed E-state index contributed by atoms with van der Waals surface area (Å²) in [4.78, 5) is 37.6. The summed E-state index contributed by atoms with van der Waals surface area (Å²) in [5.41, 5.74) is 4.49. The Morgan fingerprint density at radius 1 is 1.06 bits per heavy atom. The molecule has 9 nitrogen and oxygen atoms in total. The molecule has 0 aromatic heterocycles. The molecular formula is C25H28N2O7. The van der Waals surface area contributed by atoms with Crippen LogP contribution in [0.2, 0.25) is 0 Å². The van der Waals surface area contributed by atoms with E-state index in [1.807, 2.05) is 36.4 Å². The van der Waals surface area contributed by atoms with Gasteiger partial charge in [-0.3, -0.25) is 4.79 Å². The molecule has 1 atom stereocenters. The van der Waals surface area contributed by atoms with Gasteiger partial charge in [0.25, 0.3) is 0 Å².